The Hall–Kier alpha value is -3.95. The molecule has 0 unspecified atom stereocenters. The molecule has 1 fully saturated rings. The summed E-state index contributed by atoms with van der Waals surface area (Å²) in [5, 5.41) is 7.68. The monoisotopic (exact) mass is 492 g/mol. The second-order valence-corrected chi connectivity index (χ2v) is 10.6. The fourth-order valence-corrected chi connectivity index (χ4v) is 5.79. The van der Waals surface area contributed by atoms with Gasteiger partial charge in [0.25, 0.3) is 0 Å². The Bertz CT molecular complexity index is 1710. The van der Waals surface area contributed by atoms with Crippen LogP contribution in [0.4, 0.5) is 0 Å². The van der Waals surface area contributed by atoms with Gasteiger partial charge in [0.2, 0.25) is 0 Å². The number of aromatic amines is 2. The molecule has 0 bridgehead atoms. The van der Waals surface area contributed by atoms with E-state index in [1.54, 1.807) is 11.3 Å². The number of aromatic nitrogens is 7. The predicted octanol–water partition coefficient (Wildman–Crippen LogP) is 5.59. The zero-order chi connectivity index (χ0) is 24.1. The highest BCUT2D eigenvalue weighted by molar-refractivity contribution is 7.15. The van der Waals surface area contributed by atoms with Gasteiger partial charge in [0, 0.05) is 35.6 Å². The number of fused-ring (bicyclic) bond motifs is 2. The van der Waals surface area contributed by atoms with Crippen LogP contribution in [-0.2, 0) is 6.54 Å². The van der Waals surface area contributed by atoms with Crippen molar-refractivity contribution in [2.24, 2.45) is 0 Å². The lowest BCUT2D eigenvalue weighted by atomic mass is 10.1. The molecule has 7 heterocycles. The maximum Gasteiger partial charge on any atom is 0.161 e. The van der Waals surface area contributed by atoms with Crippen LogP contribution in [0.25, 0.3) is 55.4 Å². The SMILES string of the molecule is Cc1ccc(-c2nccc3[nH]c(-c4n[nH]c5ccc(-c6cncc(CN7CCCC7)c6)nc45)nc23)s1. The van der Waals surface area contributed by atoms with Gasteiger partial charge in [0.1, 0.15) is 16.7 Å². The summed E-state index contributed by atoms with van der Waals surface area (Å²) in [5.41, 5.74) is 8.05. The van der Waals surface area contributed by atoms with E-state index in [0.29, 0.717) is 11.5 Å². The minimum Gasteiger partial charge on any atom is -0.336 e. The number of rotatable bonds is 5. The maximum absolute atomic E-state index is 4.99. The first-order chi connectivity index (χ1) is 17.7. The van der Waals surface area contributed by atoms with E-state index in [1.807, 2.05) is 36.8 Å². The van der Waals surface area contributed by atoms with E-state index in [4.69, 9.17) is 9.97 Å². The van der Waals surface area contributed by atoms with Gasteiger partial charge in [-0.3, -0.25) is 20.0 Å². The molecule has 1 saturated heterocycles. The Morgan fingerprint density at radius 3 is 2.69 bits per heavy atom. The van der Waals surface area contributed by atoms with Crippen molar-refractivity contribution in [1.82, 2.24) is 40.0 Å². The van der Waals surface area contributed by atoms with Crippen molar-refractivity contribution in [2.75, 3.05) is 13.1 Å². The van der Waals surface area contributed by atoms with Crippen LogP contribution >= 0.6 is 11.3 Å². The van der Waals surface area contributed by atoms with Gasteiger partial charge >= 0.3 is 0 Å². The number of thiophene rings is 1. The van der Waals surface area contributed by atoms with Crippen LogP contribution in [-0.4, -0.2) is 53.1 Å². The van der Waals surface area contributed by atoms with Crippen molar-refractivity contribution in [3.05, 3.63) is 65.4 Å². The minimum absolute atomic E-state index is 0.671. The molecule has 1 aliphatic rings. The lowest BCUT2D eigenvalue weighted by Crippen LogP contribution is -2.18. The van der Waals surface area contributed by atoms with Crippen molar-refractivity contribution in [1.29, 1.82) is 0 Å². The molecule has 0 amide bonds. The highest BCUT2D eigenvalue weighted by Crippen LogP contribution is 2.33. The topological polar surface area (TPSA) is 99.3 Å². The molecule has 9 heteroatoms. The Morgan fingerprint density at radius 1 is 0.944 bits per heavy atom. The molecule has 178 valence electrons. The summed E-state index contributed by atoms with van der Waals surface area (Å²) in [6.07, 6.45) is 8.21. The molecule has 7 rings (SSSR count). The molecule has 0 saturated carbocycles. The fraction of sp³-hybridized carbons (Fsp3) is 0.222. The Kier molecular flexibility index (Phi) is 5.11. The quantitative estimate of drug-likeness (QED) is 0.325. The van der Waals surface area contributed by atoms with Crippen LogP contribution in [0.1, 0.15) is 23.3 Å². The van der Waals surface area contributed by atoms with Crippen LogP contribution in [0.5, 0.6) is 0 Å². The molecule has 36 heavy (non-hydrogen) atoms. The van der Waals surface area contributed by atoms with Crippen molar-refractivity contribution in [3.8, 4) is 33.3 Å². The average molecular weight is 493 g/mol. The average Bonchev–Trinajstić information content (AvgIpc) is 3.70. The Balaban J connectivity index is 1.28. The first kappa shape index (κ1) is 21.3. The van der Waals surface area contributed by atoms with E-state index in [0.717, 1.165) is 63.5 Å². The molecule has 0 aliphatic carbocycles. The van der Waals surface area contributed by atoms with Gasteiger partial charge in [-0.25, -0.2) is 9.97 Å². The third-order valence-electron chi connectivity index (χ3n) is 6.70. The molecule has 0 spiro atoms. The van der Waals surface area contributed by atoms with E-state index >= 15 is 0 Å². The fourth-order valence-electron chi connectivity index (χ4n) is 4.93. The number of H-pyrrole nitrogens is 2. The number of pyridine rings is 3. The number of imidazole rings is 1. The largest absolute Gasteiger partial charge is 0.336 e. The lowest BCUT2D eigenvalue weighted by molar-refractivity contribution is 0.331. The molecule has 6 aromatic rings. The number of aryl methyl sites for hydroxylation is 1. The van der Waals surface area contributed by atoms with Crippen LogP contribution in [0.2, 0.25) is 0 Å². The number of hydrogen-bond donors (Lipinski definition) is 2. The van der Waals surface area contributed by atoms with Gasteiger partial charge in [-0.1, -0.05) is 0 Å². The molecule has 6 aromatic heterocycles. The summed E-state index contributed by atoms with van der Waals surface area (Å²) in [6.45, 7) is 5.35. The van der Waals surface area contributed by atoms with Crippen molar-refractivity contribution in [3.63, 3.8) is 0 Å². The normalized spacial score (nSPS) is 14.4. The standard InChI is InChI=1S/C27H24N8S/c1-16-4-7-22(36-16)25-23-20(8-9-29-25)31-27(32-23)26-24-21(33-34-26)6-5-19(30-24)18-12-17(13-28-14-18)15-35-10-2-3-11-35/h4-9,12-14H,2-3,10-11,15H2,1H3,(H,31,32)(H,33,34). The summed E-state index contributed by atoms with van der Waals surface area (Å²) < 4.78 is 0. The Labute approximate surface area is 211 Å². The van der Waals surface area contributed by atoms with E-state index in [9.17, 15) is 0 Å². The van der Waals surface area contributed by atoms with Gasteiger partial charge in [0.05, 0.1) is 21.6 Å². The van der Waals surface area contributed by atoms with Gasteiger partial charge in [-0.05, 0) is 74.8 Å². The molecule has 1 aliphatic heterocycles. The highest BCUT2D eigenvalue weighted by Gasteiger charge is 2.18. The smallest absolute Gasteiger partial charge is 0.161 e. The maximum atomic E-state index is 4.99. The van der Waals surface area contributed by atoms with Crippen LogP contribution < -0.4 is 0 Å². The zero-order valence-corrected chi connectivity index (χ0v) is 20.6. The van der Waals surface area contributed by atoms with Crippen LogP contribution in [0.3, 0.4) is 0 Å². The minimum atomic E-state index is 0.671. The van der Waals surface area contributed by atoms with Crippen molar-refractivity contribution < 1.29 is 0 Å². The molecular weight excluding hydrogens is 468 g/mol. The van der Waals surface area contributed by atoms with Gasteiger partial charge < -0.3 is 4.98 Å². The second-order valence-electron chi connectivity index (χ2n) is 9.28. The van der Waals surface area contributed by atoms with Gasteiger partial charge in [0.15, 0.2) is 11.5 Å². The molecule has 0 radical (unpaired) electrons. The summed E-state index contributed by atoms with van der Waals surface area (Å²) in [5.74, 6) is 0.671. The number of nitrogens with one attached hydrogen (secondary N) is 2. The van der Waals surface area contributed by atoms with E-state index in [1.165, 1.54) is 23.3 Å². The predicted molar refractivity (Wildman–Crippen MR) is 143 cm³/mol. The van der Waals surface area contributed by atoms with E-state index in [2.05, 4.69) is 55.2 Å². The number of hydrogen-bond acceptors (Lipinski definition) is 7. The van der Waals surface area contributed by atoms with E-state index < -0.39 is 0 Å². The van der Waals surface area contributed by atoms with Gasteiger partial charge in [-0.2, -0.15) is 5.10 Å². The van der Waals surface area contributed by atoms with Crippen LogP contribution in [0, 0.1) is 6.92 Å². The van der Waals surface area contributed by atoms with Gasteiger partial charge in [-0.15, -0.1) is 11.3 Å². The molecule has 8 nitrogen and oxygen atoms in total. The molecule has 0 atom stereocenters. The number of nitrogens with zero attached hydrogens (tertiary/aromatic N) is 6. The lowest BCUT2D eigenvalue weighted by Gasteiger charge is -2.14. The van der Waals surface area contributed by atoms with E-state index in [-0.39, 0.29) is 0 Å². The first-order valence-corrected chi connectivity index (χ1v) is 13.0. The highest BCUT2D eigenvalue weighted by atomic mass is 32.1. The second kappa shape index (κ2) is 8.61. The summed E-state index contributed by atoms with van der Waals surface area (Å²) >= 11 is 1.72. The summed E-state index contributed by atoms with van der Waals surface area (Å²) in [7, 11) is 0. The third-order valence-corrected chi connectivity index (χ3v) is 7.71. The van der Waals surface area contributed by atoms with Crippen molar-refractivity contribution in [2.45, 2.75) is 26.3 Å². The summed E-state index contributed by atoms with van der Waals surface area (Å²) in [4.78, 5) is 27.3. The van der Waals surface area contributed by atoms with Crippen LogP contribution in [0.15, 0.2) is 55.0 Å². The zero-order valence-electron chi connectivity index (χ0n) is 19.8. The van der Waals surface area contributed by atoms with Crippen molar-refractivity contribution >= 4 is 33.4 Å². The molecular formula is C27H24N8S. The summed E-state index contributed by atoms with van der Waals surface area (Å²) in [6, 6.07) is 12.4. The molecule has 2 N–H and O–H groups in total. The Morgan fingerprint density at radius 2 is 1.83 bits per heavy atom. The molecule has 0 aromatic carbocycles. The third kappa shape index (κ3) is 3.77. The number of likely N-dealkylation sites (tertiary alicyclic amines) is 1. The first-order valence-electron chi connectivity index (χ1n) is 12.1.